The highest BCUT2D eigenvalue weighted by atomic mass is 79.9. The number of anilines is 1. The molecule has 1 aliphatic rings. The molecular weight excluding hydrogens is 290 g/mol. The molecule has 0 aliphatic heterocycles. The van der Waals surface area contributed by atoms with Gasteiger partial charge in [-0.3, -0.25) is 0 Å². The van der Waals surface area contributed by atoms with E-state index in [-0.39, 0.29) is 0 Å². The molecule has 0 bridgehead atoms. The van der Waals surface area contributed by atoms with Crippen LogP contribution in [-0.2, 0) is 0 Å². The van der Waals surface area contributed by atoms with Crippen molar-refractivity contribution in [3.8, 4) is 5.75 Å². The van der Waals surface area contributed by atoms with Crippen molar-refractivity contribution >= 4 is 21.6 Å². The lowest BCUT2D eigenvalue weighted by Crippen LogP contribution is -2.27. The lowest BCUT2D eigenvalue weighted by atomic mass is 9.84. The number of hydrogen-bond acceptors (Lipinski definition) is 2. The molecule has 0 spiro atoms. The van der Waals surface area contributed by atoms with Gasteiger partial charge in [-0.05, 0) is 37.0 Å². The van der Waals surface area contributed by atoms with Gasteiger partial charge >= 0.3 is 0 Å². The number of methoxy groups -OCH3 is 1. The molecule has 2 nitrogen and oxygen atoms in total. The molecule has 1 aliphatic carbocycles. The average molecular weight is 312 g/mol. The molecule has 0 heterocycles. The fourth-order valence-corrected chi connectivity index (χ4v) is 3.17. The third-order valence-corrected chi connectivity index (χ3v) is 4.37. The Morgan fingerprint density at radius 1 is 1.39 bits per heavy atom. The maximum atomic E-state index is 5.41. The van der Waals surface area contributed by atoms with Gasteiger partial charge in [0.25, 0.3) is 0 Å². The highest BCUT2D eigenvalue weighted by Gasteiger charge is 2.21. The number of benzene rings is 1. The second kappa shape index (κ2) is 6.46. The van der Waals surface area contributed by atoms with Crippen molar-refractivity contribution in [2.45, 2.75) is 45.1 Å². The summed E-state index contributed by atoms with van der Waals surface area (Å²) in [5.41, 5.74) is 1.11. The first-order chi connectivity index (χ1) is 8.72. The second-order valence-electron chi connectivity index (χ2n) is 5.13. The van der Waals surface area contributed by atoms with Crippen LogP contribution >= 0.6 is 15.9 Å². The number of ether oxygens (including phenoxy) is 1. The van der Waals surface area contributed by atoms with Gasteiger partial charge in [-0.2, -0.15) is 0 Å². The van der Waals surface area contributed by atoms with Crippen LogP contribution in [0.3, 0.4) is 0 Å². The van der Waals surface area contributed by atoms with E-state index in [0.29, 0.717) is 6.04 Å². The van der Waals surface area contributed by atoms with Gasteiger partial charge < -0.3 is 10.1 Å². The van der Waals surface area contributed by atoms with E-state index in [1.807, 2.05) is 12.1 Å². The van der Waals surface area contributed by atoms with E-state index < -0.39 is 0 Å². The van der Waals surface area contributed by atoms with Crippen LogP contribution in [0.2, 0.25) is 0 Å². The minimum Gasteiger partial charge on any atom is -0.495 e. The van der Waals surface area contributed by atoms with Gasteiger partial charge in [0.15, 0.2) is 0 Å². The fraction of sp³-hybridized carbons (Fsp3) is 0.600. The molecule has 1 saturated carbocycles. The van der Waals surface area contributed by atoms with E-state index in [1.54, 1.807) is 7.11 Å². The molecule has 0 amide bonds. The first-order valence-corrected chi connectivity index (χ1v) is 7.62. The zero-order valence-corrected chi connectivity index (χ0v) is 12.8. The lowest BCUT2D eigenvalue weighted by Gasteiger charge is -2.30. The summed E-state index contributed by atoms with van der Waals surface area (Å²) in [5, 5.41) is 3.65. The summed E-state index contributed by atoms with van der Waals surface area (Å²) in [7, 11) is 1.73. The van der Waals surface area contributed by atoms with Crippen LogP contribution in [0.15, 0.2) is 22.7 Å². The zero-order chi connectivity index (χ0) is 13.0. The van der Waals surface area contributed by atoms with E-state index in [9.17, 15) is 0 Å². The van der Waals surface area contributed by atoms with Crippen LogP contribution in [0.25, 0.3) is 0 Å². The molecule has 3 heteroatoms. The van der Waals surface area contributed by atoms with Crippen LogP contribution in [0.1, 0.15) is 39.0 Å². The summed E-state index contributed by atoms with van der Waals surface area (Å²) in [4.78, 5) is 0. The molecule has 1 fully saturated rings. The van der Waals surface area contributed by atoms with Crippen molar-refractivity contribution in [1.29, 1.82) is 0 Å². The van der Waals surface area contributed by atoms with E-state index in [0.717, 1.165) is 21.8 Å². The van der Waals surface area contributed by atoms with Crippen molar-refractivity contribution in [3.05, 3.63) is 22.7 Å². The van der Waals surface area contributed by atoms with Gasteiger partial charge in [-0.15, -0.1) is 0 Å². The molecule has 2 rings (SSSR count). The summed E-state index contributed by atoms with van der Waals surface area (Å²) < 4.78 is 6.50. The Morgan fingerprint density at radius 3 is 2.94 bits per heavy atom. The Hall–Kier alpha value is -0.700. The molecule has 100 valence electrons. The predicted octanol–water partition coefficient (Wildman–Crippen LogP) is 4.84. The Morgan fingerprint density at radius 2 is 2.22 bits per heavy atom. The van der Waals surface area contributed by atoms with Gasteiger partial charge in [-0.1, -0.05) is 42.1 Å². The number of rotatable bonds is 4. The van der Waals surface area contributed by atoms with Crippen LogP contribution in [0, 0.1) is 5.92 Å². The maximum Gasteiger partial charge on any atom is 0.142 e. The molecule has 0 saturated heterocycles. The summed E-state index contributed by atoms with van der Waals surface area (Å²) in [6, 6.07) is 6.72. The Balaban J connectivity index is 2.06. The largest absolute Gasteiger partial charge is 0.495 e. The molecule has 1 aromatic rings. The van der Waals surface area contributed by atoms with Crippen LogP contribution < -0.4 is 10.1 Å². The lowest BCUT2D eigenvalue weighted by molar-refractivity contribution is 0.326. The van der Waals surface area contributed by atoms with Crippen molar-refractivity contribution in [2.75, 3.05) is 12.4 Å². The second-order valence-corrected chi connectivity index (χ2v) is 6.04. The topological polar surface area (TPSA) is 21.3 Å². The number of hydrogen-bond donors (Lipinski definition) is 1. The Labute approximate surface area is 118 Å². The van der Waals surface area contributed by atoms with Crippen molar-refractivity contribution in [3.63, 3.8) is 0 Å². The summed E-state index contributed by atoms with van der Waals surface area (Å²) in [6.07, 6.45) is 6.59. The van der Waals surface area contributed by atoms with Crippen LogP contribution in [-0.4, -0.2) is 13.2 Å². The van der Waals surface area contributed by atoms with E-state index in [4.69, 9.17) is 4.74 Å². The standard InChI is InChI=1S/C15H22BrNO/c1-3-11-5-4-6-13(9-11)17-14-10-12(16)7-8-15(14)18-2/h7-8,10-11,13,17H,3-6,9H2,1-2H3. The fourth-order valence-electron chi connectivity index (χ4n) is 2.81. The third-order valence-electron chi connectivity index (χ3n) is 3.88. The van der Waals surface area contributed by atoms with Gasteiger partial charge in [0.1, 0.15) is 5.75 Å². The van der Waals surface area contributed by atoms with Crippen LogP contribution in [0.5, 0.6) is 5.75 Å². The maximum absolute atomic E-state index is 5.41. The molecule has 0 aromatic heterocycles. The van der Waals surface area contributed by atoms with Crippen LogP contribution in [0.4, 0.5) is 5.69 Å². The highest BCUT2D eigenvalue weighted by Crippen LogP contribution is 2.33. The first-order valence-electron chi connectivity index (χ1n) is 6.83. The number of halogens is 1. The SMILES string of the molecule is CCC1CCCC(Nc2cc(Br)ccc2OC)C1. The molecule has 1 N–H and O–H groups in total. The van der Waals surface area contributed by atoms with Gasteiger partial charge in [0.2, 0.25) is 0 Å². The quantitative estimate of drug-likeness (QED) is 0.859. The molecule has 2 atom stereocenters. The van der Waals surface area contributed by atoms with Crippen molar-refractivity contribution < 1.29 is 4.74 Å². The summed E-state index contributed by atoms with van der Waals surface area (Å²) >= 11 is 3.52. The van der Waals surface area contributed by atoms with Gasteiger partial charge in [-0.25, -0.2) is 0 Å². The summed E-state index contributed by atoms with van der Waals surface area (Å²) in [5.74, 6) is 1.81. The third kappa shape index (κ3) is 3.41. The molecular formula is C15H22BrNO. The van der Waals surface area contributed by atoms with E-state index in [1.165, 1.54) is 32.1 Å². The van der Waals surface area contributed by atoms with Crippen molar-refractivity contribution in [1.82, 2.24) is 0 Å². The first kappa shape index (κ1) is 13.7. The normalized spacial score (nSPS) is 23.7. The van der Waals surface area contributed by atoms with Gasteiger partial charge in [0.05, 0.1) is 12.8 Å². The molecule has 2 unspecified atom stereocenters. The molecule has 0 radical (unpaired) electrons. The highest BCUT2D eigenvalue weighted by molar-refractivity contribution is 9.10. The number of nitrogens with one attached hydrogen (secondary N) is 1. The minimum atomic E-state index is 0.590. The summed E-state index contributed by atoms with van der Waals surface area (Å²) in [6.45, 7) is 2.30. The van der Waals surface area contributed by atoms with E-state index >= 15 is 0 Å². The van der Waals surface area contributed by atoms with E-state index in [2.05, 4.69) is 34.2 Å². The Bertz CT molecular complexity index is 394. The smallest absolute Gasteiger partial charge is 0.142 e. The van der Waals surface area contributed by atoms with Crippen molar-refractivity contribution in [2.24, 2.45) is 5.92 Å². The zero-order valence-electron chi connectivity index (χ0n) is 11.2. The Kier molecular flexibility index (Phi) is 4.93. The average Bonchev–Trinajstić information content (AvgIpc) is 2.39. The molecule has 18 heavy (non-hydrogen) atoms. The molecule has 1 aromatic carbocycles. The van der Waals surface area contributed by atoms with Gasteiger partial charge in [0, 0.05) is 10.5 Å². The predicted molar refractivity (Wildman–Crippen MR) is 80.4 cm³/mol. The minimum absolute atomic E-state index is 0.590. The monoisotopic (exact) mass is 311 g/mol.